The van der Waals surface area contributed by atoms with E-state index in [9.17, 15) is 4.79 Å². The monoisotopic (exact) mass is 311 g/mol. The zero-order chi connectivity index (χ0) is 15.9. The molecule has 1 aromatic heterocycles. The number of carbonyl (C=O) groups excluding carboxylic acids is 1. The first-order chi connectivity index (χ1) is 9.91. The molecule has 0 saturated carbocycles. The average Bonchev–Trinajstić information content (AvgIpc) is 2.44. The summed E-state index contributed by atoms with van der Waals surface area (Å²) in [5.74, 6) is -0.228. The van der Waals surface area contributed by atoms with Crippen LogP contribution in [0, 0.1) is 6.92 Å². The van der Waals surface area contributed by atoms with Crippen LogP contribution in [0.15, 0.2) is 17.4 Å². The smallest absolute Gasteiger partial charge is 0.325 e. The number of hydrogen-bond donors (Lipinski definition) is 1. The Morgan fingerprint density at radius 2 is 2.29 bits per heavy atom. The standard InChI is InChI=1S/C15H25N3O2S/c1-6-8-17-15(4,13(19)20-5)10-12(3)21-14-16-9-7-11(2)18-14/h7,9,12,17H,6,8,10H2,1-5H3. The second-order valence-electron chi connectivity index (χ2n) is 5.36. The third-order valence-corrected chi connectivity index (χ3v) is 4.15. The molecule has 0 spiro atoms. The van der Waals surface area contributed by atoms with Crippen molar-refractivity contribution in [3.8, 4) is 0 Å². The van der Waals surface area contributed by atoms with Crippen LogP contribution in [-0.4, -0.2) is 40.4 Å². The molecule has 2 atom stereocenters. The number of ether oxygens (including phenoxy) is 1. The minimum atomic E-state index is -0.680. The predicted octanol–water partition coefficient (Wildman–Crippen LogP) is 2.59. The Hall–Kier alpha value is -1.14. The van der Waals surface area contributed by atoms with E-state index in [1.165, 1.54) is 7.11 Å². The first-order valence-electron chi connectivity index (χ1n) is 7.21. The van der Waals surface area contributed by atoms with Gasteiger partial charge in [-0.05, 0) is 39.3 Å². The summed E-state index contributed by atoms with van der Waals surface area (Å²) in [6.07, 6.45) is 3.38. The molecule has 1 aromatic rings. The summed E-state index contributed by atoms with van der Waals surface area (Å²) in [7, 11) is 1.43. The van der Waals surface area contributed by atoms with Crippen molar-refractivity contribution in [2.75, 3.05) is 13.7 Å². The summed E-state index contributed by atoms with van der Waals surface area (Å²) in [5.41, 5.74) is 0.264. The number of nitrogens with one attached hydrogen (secondary N) is 1. The minimum absolute atomic E-state index is 0.195. The normalized spacial score (nSPS) is 15.3. The van der Waals surface area contributed by atoms with E-state index in [1.807, 2.05) is 19.9 Å². The largest absolute Gasteiger partial charge is 0.468 e. The fraction of sp³-hybridized carbons (Fsp3) is 0.667. The summed E-state index contributed by atoms with van der Waals surface area (Å²) < 4.78 is 4.94. The molecule has 0 saturated heterocycles. The van der Waals surface area contributed by atoms with Crippen LogP contribution in [0.5, 0.6) is 0 Å². The maximum absolute atomic E-state index is 12.1. The van der Waals surface area contributed by atoms with E-state index in [4.69, 9.17) is 4.74 Å². The van der Waals surface area contributed by atoms with Gasteiger partial charge in [0.25, 0.3) is 0 Å². The molecule has 6 heteroatoms. The zero-order valence-electron chi connectivity index (χ0n) is 13.5. The quantitative estimate of drug-likeness (QED) is 0.452. The molecule has 1 N–H and O–H groups in total. The van der Waals surface area contributed by atoms with Gasteiger partial charge >= 0.3 is 5.97 Å². The topological polar surface area (TPSA) is 64.1 Å². The Balaban J connectivity index is 2.71. The van der Waals surface area contributed by atoms with Crippen LogP contribution in [-0.2, 0) is 9.53 Å². The molecule has 0 bridgehead atoms. The third-order valence-electron chi connectivity index (χ3n) is 3.18. The van der Waals surface area contributed by atoms with Crippen molar-refractivity contribution in [2.45, 2.75) is 56.5 Å². The molecule has 21 heavy (non-hydrogen) atoms. The number of carbonyl (C=O) groups is 1. The lowest BCUT2D eigenvalue weighted by Gasteiger charge is -2.30. The molecule has 0 amide bonds. The Labute approximate surface area is 131 Å². The second kappa shape index (κ2) is 8.34. The molecule has 1 rings (SSSR count). The second-order valence-corrected chi connectivity index (χ2v) is 6.77. The van der Waals surface area contributed by atoms with Gasteiger partial charge in [0.05, 0.1) is 7.11 Å². The van der Waals surface area contributed by atoms with Gasteiger partial charge in [0, 0.05) is 17.1 Å². The number of nitrogens with zero attached hydrogens (tertiary/aromatic N) is 2. The van der Waals surface area contributed by atoms with Crippen LogP contribution < -0.4 is 5.32 Å². The van der Waals surface area contributed by atoms with Crippen molar-refractivity contribution < 1.29 is 9.53 Å². The molecular formula is C15H25N3O2S. The number of hydrogen-bond acceptors (Lipinski definition) is 6. The van der Waals surface area contributed by atoms with Gasteiger partial charge in [0.2, 0.25) is 0 Å². The molecule has 0 aliphatic carbocycles. The molecule has 0 aliphatic rings. The zero-order valence-corrected chi connectivity index (χ0v) is 14.3. The molecule has 0 radical (unpaired) electrons. The summed E-state index contributed by atoms with van der Waals surface area (Å²) in [6, 6.07) is 1.87. The van der Waals surface area contributed by atoms with Crippen molar-refractivity contribution in [1.29, 1.82) is 0 Å². The van der Waals surface area contributed by atoms with E-state index in [0.717, 1.165) is 23.8 Å². The number of thioether (sulfide) groups is 1. The number of esters is 1. The Kier molecular flexibility index (Phi) is 7.11. The fourth-order valence-corrected chi connectivity index (χ4v) is 3.23. The third kappa shape index (κ3) is 5.63. The van der Waals surface area contributed by atoms with Gasteiger partial charge in [-0.1, -0.05) is 25.6 Å². The first kappa shape index (κ1) is 17.9. The molecule has 5 nitrogen and oxygen atoms in total. The summed E-state index contributed by atoms with van der Waals surface area (Å²) >= 11 is 1.58. The molecule has 0 aliphatic heterocycles. The lowest BCUT2D eigenvalue weighted by atomic mass is 9.96. The fourth-order valence-electron chi connectivity index (χ4n) is 2.13. The van der Waals surface area contributed by atoms with Crippen LogP contribution in [0.1, 0.15) is 39.3 Å². The van der Waals surface area contributed by atoms with Gasteiger partial charge in [-0.25, -0.2) is 9.97 Å². The van der Waals surface area contributed by atoms with E-state index < -0.39 is 5.54 Å². The first-order valence-corrected chi connectivity index (χ1v) is 8.09. The van der Waals surface area contributed by atoms with Crippen molar-refractivity contribution in [3.63, 3.8) is 0 Å². The van der Waals surface area contributed by atoms with Gasteiger partial charge in [0.1, 0.15) is 5.54 Å². The Morgan fingerprint density at radius 1 is 1.57 bits per heavy atom. The SMILES string of the molecule is CCCNC(C)(CC(C)Sc1nccc(C)n1)C(=O)OC. The Bertz CT molecular complexity index is 470. The van der Waals surface area contributed by atoms with Gasteiger partial charge in [-0.15, -0.1) is 0 Å². The van der Waals surface area contributed by atoms with Gasteiger partial charge in [-0.2, -0.15) is 0 Å². The molecule has 0 fully saturated rings. The van der Waals surface area contributed by atoms with Gasteiger partial charge in [0.15, 0.2) is 5.16 Å². The number of rotatable bonds is 8. The van der Waals surface area contributed by atoms with Crippen LogP contribution in [0.4, 0.5) is 0 Å². The highest BCUT2D eigenvalue weighted by molar-refractivity contribution is 7.99. The molecule has 118 valence electrons. The summed E-state index contributed by atoms with van der Waals surface area (Å²) in [4.78, 5) is 20.7. The van der Waals surface area contributed by atoms with Crippen LogP contribution >= 0.6 is 11.8 Å². The highest BCUT2D eigenvalue weighted by Gasteiger charge is 2.35. The summed E-state index contributed by atoms with van der Waals surface area (Å²) in [5, 5.41) is 4.23. The van der Waals surface area contributed by atoms with Crippen LogP contribution in [0.2, 0.25) is 0 Å². The number of aryl methyl sites for hydroxylation is 1. The number of aromatic nitrogens is 2. The lowest BCUT2D eigenvalue weighted by Crippen LogP contribution is -2.51. The number of methoxy groups -OCH3 is 1. The van der Waals surface area contributed by atoms with E-state index in [-0.39, 0.29) is 11.2 Å². The highest BCUT2D eigenvalue weighted by atomic mass is 32.2. The van der Waals surface area contributed by atoms with Gasteiger partial charge in [-0.3, -0.25) is 4.79 Å². The van der Waals surface area contributed by atoms with Gasteiger partial charge < -0.3 is 10.1 Å². The molecule has 2 unspecified atom stereocenters. The molecule has 0 aromatic carbocycles. The van der Waals surface area contributed by atoms with E-state index >= 15 is 0 Å². The maximum atomic E-state index is 12.1. The average molecular weight is 311 g/mol. The van der Waals surface area contributed by atoms with Crippen LogP contribution in [0.25, 0.3) is 0 Å². The van der Waals surface area contributed by atoms with Crippen molar-refractivity contribution in [3.05, 3.63) is 18.0 Å². The molecule has 1 heterocycles. The Morgan fingerprint density at radius 3 is 2.86 bits per heavy atom. The maximum Gasteiger partial charge on any atom is 0.325 e. The van der Waals surface area contributed by atoms with E-state index in [2.05, 4.69) is 29.1 Å². The van der Waals surface area contributed by atoms with Crippen molar-refractivity contribution in [2.24, 2.45) is 0 Å². The van der Waals surface area contributed by atoms with E-state index in [1.54, 1.807) is 18.0 Å². The lowest BCUT2D eigenvalue weighted by molar-refractivity contribution is -0.148. The van der Waals surface area contributed by atoms with Crippen LogP contribution in [0.3, 0.4) is 0 Å². The summed E-state index contributed by atoms with van der Waals surface area (Å²) in [6.45, 7) is 8.76. The van der Waals surface area contributed by atoms with Crippen molar-refractivity contribution in [1.82, 2.24) is 15.3 Å². The van der Waals surface area contributed by atoms with E-state index in [0.29, 0.717) is 6.42 Å². The predicted molar refractivity (Wildman–Crippen MR) is 85.4 cm³/mol. The minimum Gasteiger partial charge on any atom is -0.468 e. The molecular weight excluding hydrogens is 286 g/mol. The highest BCUT2D eigenvalue weighted by Crippen LogP contribution is 2.27. The van der Waals surface area contributed by atoms with Crippen molar-refractivity contribution >= 4 is 17.7 Å².